The third kappa shape index (κ3) is 1.34. The summed E-state index contributed by atoms with van der Waals surface area (Å²) in [7, 11) is 0. The highest BCUT2D eigenvalue weighted by Crippen LogP contribution is 2.18. The molecule has 0 unspecified atom stereocenters. The van der Waals surface area contributed by atoms with Crippen LogP contribution in [0.1, 0.15) is 18.5 Å². The molecule has 1 heterocycles. The van der Waals surface area contributed by atoms with Crippen molar-refractivity contribution in [1.82, 2.24) is 4.98 Å². The fourth-order valence-corrected chi connectivity index (χ4v) is 1.34. The van der Waals surface area contributed by atoms with Gasteiger partial charge in [0.15, 0.2) is 0 Å². The number of H-pyrrole nitrogens is 1. The van der Waals surface area contributed by atoms with Crippen molar-refractivity contribution in [3.05, 3.63) is 22.4 Å². The van der Waals surface area contributed by atoms with Gasteiger partial charge in [-0.1, -0.05) is 0 Å². The standard InChI is InChI=1S/C6H9BrN2/c1-4(8)5-2-3-9-6(5)7/h2-4,9H,8H2,1H3/t4-/m0/s1. The number of rotatable bonds is 1. The summed E-state index contributed by atoms with van der Waals surface area (Å²) in [4.78, 5) is 2.99. The zero-order valence-corrected chi connectivity index (χ0v) is 6.77. The van der Waals surface area contributed by atoms with E-state index in [1.54, 1.807) is 0 Å². The number of nitrogens with two attached hydrogens (primary N) is 1. The predicted octanol–water partition coefficient (Wildman–Crippen LogP) is 1.80. The van der Waals surface area contributed by atoms with Crippen molar-refractivity contribution in [3.8, 4) is 0 Å². The van der Waals surface area contributed by atoms with Crippen LogP contribution in [0.15, 0.2) is 16.9 Å². The molecule has 2 nitrogen and oxygen atoms in total. The molecule has 3 N–H and O–H groups in total. The Morgan fingerprint density at radius 1 is 1.78 bits per heavy atom. The molecule has 0 aromatic carbocycles. The van der Waals surface area contributed by atoms with Crippen molar-refractivity contribution < 1.29 is 0 Å². The summed E-state index contributed by atoms with van der Waals surface area (Å²) < 4.78 is 0.984. The van der Waals surface area contributed by atoms with E-state index in [2.05, 4.69) is 20.9 Å². The number of hydrogen-bond donors (Lipinski definition) is 2. The lowest BCUT2D eigenvalue weighted by atomic mass is 10.2. The van der Waals surface area contributed by atoms with E-state index >= 15 is 0 Å². The highest BCUT2D eigenvalue weighted by molar-refractivity contribution is 9.10. The second-order valence-electron chi connectivity index (χ2n) is 2.04. The first-order chi connectivity index (χ1) is 4.22. The first-order valence-corrected chi connectivity index (χ1v) is 3.59. The summed E-state index contributed by atoms with van der Waals surface area (Å²) in [5.41, 5.74) is 6.73. The Morgan fingerprint density at radius 2 is 2.44 bits per heavy atom. The number of aromatic amines is 1. The van der Waals surface area contributed by atoms with Crippen LogP contribution in [0.25, 0.3) is 0 Å². The van der Waals surface area contributed by atoms with Gasteiger partial charge in [-0.2, -0.15) is 0 Å². The molecule has 1 aromatic heterocycles. The van der Waals surface area contributed by atoms with Gasteiger partial charge < -0.3 is 10.7 Å². The minimum absolute atomic E-state index is 0.102. The van der Waals surface area contributed by atoms with Crippen molar-refractivity contribution in [3.63, 3.8) is 0 Å². The molecule has 0 amide bonds. The topological polar surface area (TPSA) is 41.8 Å². The van der Waals surface area contributed by atoms with E-state index < -0.39 is 0 Å². The van der Waals surface area contributed by atoms with E-state index in [-0.39, 0.29) is 6.04 Å². The lowest BCUT2D eigenvalue weighted by Gasteiger charge is -2.00. The Labute approximate surface area is 62.6 Å². The zero-order valence-electron chi connectivity index (χ0n) is 5.19. The minimum Gasteiger partial charge on any atom is -0.356 e. The molecule has 0 spiro atoms. The molecule has 50 valence electrons. The lowest BCUT2D eigenvalue weighted by molar-refractivity contribution is 0.814. The third-order valence-electron chi connectivity index (χ3n) is 1.22. The number of halogens is 1. The van der Waals surface area contributed by atoms with Crippen LogP contribution in [0.3, 0.4) is 0 Å². The summed E-state index contributed by atoms with van der Waals surface area (Å²) >= 11 is 3.33. The Hall–Kier alpha value is -0.280. The van der Waals surface area contributed by atoms with E-state index in [1.807, 2.05) is 19.2 Å². The third-order valence-corrected chi connectivity index (χ3v) is 1.90. The highest BCUT2D eigenvalue weighted by Gasteiger charge is 2.03. The molecule has 1 aromatic rings. The molecule has 0 fully saturated rings. The smallest absolute Gasteiger partial charge is 0.0868 e. The van der Waals surface area contributed by atoms with Crippen molar-refractivity contribution >= 4 is 15.9 Å². The van der Waals surface area contributed by atoms with E-state index in [4.69, 9.17) is 5.73 Å². The van der Waals surface area contributed by atoms with Crippen LogP contribution in [0.4, 0.5) is 0 Å². The van der Waals surface area contributed by atoms with Crippen molar-refractivity contribution in [2.24, 2.45) is 5.73 Å². The van der Waals surface area contributed by atoms with Crippen LogP contribution in [-0.4, -0.2) is 4.98 Å². The van der Waals surface area contributed by atoms with Gasteiger partial charge in [0.2, 0.25) is 0 Å². The van der Waals surface area contributed by atoms with E-state index in [1.165, 1.54) is 0 Å². The van der Waals surface area contributed by atoms with Gasteiger partial charge in [0.05, 0.1) is 4.60 Å². The SMILES string of the molecule is C[C@H](N)c1cc[nH]c1Br. The molecule has 0 saturated carbocycles. The summed E-state index contributed by atoms with van der Waals surface area (Å²) in [6.45, 7) is 1.95. The van der Waals surface area contributed by atoms with Gasteiger partial charge in [0, 0.05) is 17.8 Å². The maximum atomic E-state index is 5.61. The summed E-state index contributed by atoms with van der Waals surface area (Å²) in [6, 6.07) is 2.07. The predicted molar refractivity (Wildman–Crippen MR) is 41.1 cm³/mol. The van der Waals surface area contributed by atoms with E-state index in [0.717, 1.165) is 10.2 Å². The first-order valence-electron chi connectivity index (χ1n) is 2.80. The molecular weight excluding hydrogens is 180 g/mol. The minimum atomic E-state index is 0.102. The molecule has 0 saturated heterocycles. The average molecular weight is 189 g/mol. The summed E-state index contributed by atoms with van der Waals surface area (Å²) in [6.07, 6.45) is 1.86. The second-order valence-corrected chi connectivity index (χ2v) is 2.83. The van der Waals surface area contributed by atoms with E-state index in [9.17, 15) is 0 Å². The largest absolute Gasteiger partial charge is 0.356 e. The first kappa shape index (κ1) is 6.83. The van der Waals surface area contributed by atoms with Gasteiger partial charge in [0.25, 0.3) is 0 Å². The molecule has 0 radical (unpaired) electrons. The second kappa shape index (κ2) is 2.54. The van der Waals surface area contributed by atoms with Crippen LogP contribution in [0.5, 0.6) is 0 Å². The van der Waals surface area contributed by atoms with Gasteiger partial charge in [0.1, 0.15) is 0 Å². The fourth-order valence-electron chi connectivity index (χ4n) is 0.713. The highest BCUT2D eigenvalue weighted by atomic mass is 79.9. The fraction of sp³-hybridized carbons (Fsp3) is 0.333. The molecule has 1 rings (SSSR count). The van der Waals surface area contributed by atoms with Crippen LogP contribution in [0.2, 0.25) is 0 Å². The Bertz CT molecular complexity index is 193. The molecule has 0 aliphatic carbocycles. The lowest BCUT2D eigenvalue weighted by Crippen LogP contribution is -2.03. The summed E-state index contributed by atoms with van der Waals surface area (Å²) in [5.74, 6) is 0. The Balaban J connectivity index is 2.94. The molecule has 9 heavy (non-hydrogen) atoms. The van der Waals surface area contributed by atoms with Gasteiger partial charge in [-0.3, -0.25) is 0 Å². The molecule has 3 heteroatoms. The number of nitrogens with one attached hydrogen (secondary N) is 1. The summed E-state index contributed by atoms with van der Waals surface area (Å²) in [5, 5.41) is 0. The zero-order chi connectivity index (χ0) is 6.85. The Kier molecular flexibility index (Phi) is 1.93. The van der Waals surface area contributed by atoms with E-state index in [0.29, 0.717) is 0 Å². The van der Waals surface area contributed by atoms with Gasteiger partial charge >= 0.3 is 0 Å². The van der Waals surface area contributed by atoms with Crippen LogP contribution in [-0.2, 0) is 0 Å². The molecule has 1 atom stereocenters. The van der Waals surface area contributed by atoms with Crippen molar-refractivity contribution in [2.75, 3.05) is 0 Å². The molecule has 0 bridgehead atoms. The monoisotopic (exact) mass is 188 g/mol. The van der Waals surface area contributed by atoms with Gasteiger partial charge in [-0.25, -0.2) is 0 Å². The van der Waals surface area contributed by atoms with Crippen LogP contribution in [0, 0.1) is 0 Å². The van der Waals surface area contributed by atoms with Crippen LogP contribution >= 0.6 is 15.9 Å². The van der Waals surface area contributed by atoms with Crippen molar-refractivity contribution in [1.29, 1.82) is 0 Å². The molecule has 0 aliphatic heterocycles. The number of aromatic nitrogens is 1. The maximum Gasteiger partial charge on any atom is 0.0868 e. The normalized spacial score (nSPS) is 13.7. The van der Waals surface area contributed by atoms with Gasteiger partial charge in [-0.05, 0) is 28.9 Å². The Morgan fingerprint density at radius 3 is 2.67 bits per heavy atom. The number of hydrogen-bond acceptors (Lipinski definition) is 1. The quantitative estimate of drug-likeness (QED) is 0.694. The van der Waals surface area contributed by atoms with Crippen molar-refractivity contribution in [2.45, 2.75) is 13.0 Å². The van der Waals surface area contributed by atoms with Crippen LogP contribution < -0.4 is 5.73 Å². The molecule has 0 aliphatic rings. The maximum absolute atomic E-state index is 5.61. The molecular formula is C6H9BrN2. The van der Waals surface area contributed by atoms with Gasteiger partial charge in [-0.15, -0.1) is 0 Å². The average Bonchev–Trinajstić information content (AvgIpc) is 2.13.